The molecule has 0 bridgehead atoms. The molecule has 1 aliphatic rings. The smallest absolute Gasteiger partial charge is 0.230 e. The highest BCUT2D eigenvalue weighted by atomic mass is 16.6. The first kappa shape index (κ1) is 7.08. The van der Waals surface area contributed by atoms with Crippen molar-refractivity contribution in [2.75, 3.05) is 10.2 Å². The zero-order chi connectivity index (χ0) is 8.55. The van der Waals surface area contributed by atoms with Crippen molar-refractivity contribution >= 4 is 17.8 Å². The molecule has 1 aromatic rings. The fourth-order valence-corrected chi connectivity index (χ4v) is 1.14. The van der Waals surface area contributed by atoms with E-state index in [4.69, 9.17) is 0 Å². The van der Waals surface area contributed by atoms with Crippen LogP contribution in [-0.4, -0.2) is 11.6 Å². The van der Waals surface area contributed by atoms with Crippen LogP contribution in [0.4, 0.5) is 11.4 Å². The SMILES string of the molecule is O=CN1NN(O)c2ccccc21. The van der Waals surface area contributed by atoms with Crippen molar-refractivity contribution in [1.29, 1.82) is 0 Å². The second kappa shape index (κ2) is 2.47. The maximum atomic E-state index is 10.4. The standard InChI is InChI=1S/C7H7N3O2/c11-5-9-6-3-1-2-4-7(6)10(12)8-9/h1-5,8,12H. The second-order valence-corrected chi connectivity index (χ2v) is 2.38. The molecule has 5 heteroatoms. The molecule has 1 aliphatic heterocycles. The van der Waals surface area contributed by atoms with Crippen molar-refractivity contribution in [3.8, 4) is 0 Å². The van der Waals surface area contributed by atoms with E-state index in [0.717, 1.165) is 5.17 Å². The molecule has 1 heterocycles. The average molecular weight is 165 g/mol. The third-order valence-electron chi connectivity index (χ3n) is 1.68. The maximum absolute atomic E-state index is 10.4. The normalized spacial score (nSPS) is 14.8. The Morgan fingerprint density at radius 1 is 1.33 bits per heavy atom. The van der Waals surface area contributed by atoms with Gasteiger partial charge in [0.1, 0.15) is 5.69 Å². The zero-order valence-corrected chi connectivity index (χ0v) is 6.14. The summed E-state index contributed by atoms with van der Waals surface area (Å²) in [7, 11) is 0. The summed E-state index contributed by atoms with van der Waals surface area (Å²) in [6, 6.07) is 6.99. The molecule has 62 valence electrons. The van der Waals surface area contributed by atoms with Gasteiger partial charge in [0.2, 0.25) is 6.41 Å². The van der Waals surface area contributed by atoms with Crippen LogP contribution in [0.5, 0.6) is 0 Å². The molecule has 0 unspecified atom stereocenters. The molecule has 1 aromatic carbocycles. The zero-order valence-electron chi connectivity index (χ0n) is 6.14. The highest BCUT2D eigenvalue weighted by Gasteiger charge is 2.22. The molecule has 0 aliphatic carbocycles. The van der Waals surface area contributed by atoms with Gasteiger partial charge in [-0.3, -0.25) is 10.0 Å². The molecule has 1 amide bonds. The summed E-state index contributed by atoms with van der Waals surface area (Å²) in [5.74, 6) is 0. The van der Waals surface area contributed by atoms with E-state index in [1.807, 2.05) is 0 Å². The van der Waals surface area contributed by atoms with Crippen LogP contribution in [0.25, 0.3) is 0 Å². The number of hydrogen-bond donors (Lipinski definition) is 2. The molecule has 0 atom stereocenters. The van der Waals surface area contributed by atoms with Gasteiger partial charge in [-0.05, 0) is 12.1 Å². The van der Waals surface area contributed by atoms with Crippen molar-refractivity contribution in [2.45, 2.75) is 0 Å². The Hall–Kier alpha value is -1.59. The van der Waals surface area contributed by atoms with Crippen LogP contribution >= 0.6 is 0 Å². The van der Waals surface area contributed by atoms with Gasteiger partial charge < -0.3 is 0 Å². The quantitative estimate of drug-likeness (QED) is 0.587. The van der Waals surface area contributed by atoms with E-state index in [0.29, 0.717) is 17.8 Å². The van der Waals surface area contributed by atoms with Gasteiger partial charge in [-0.2, -0.15) is 5.17 Å². The fraction of sp³-hybridized carbons (Fsp3) is 0. The number of amides is 1. The summed E-state index contributed by atoms with van der Waals surface area (Å²) < 4.78 is 0. The number of hydrogen-bond acceptors (Lipinski definition) is 4. The number of nitrogens with zero attached hydrogens (tertiary/aromatic N) is 2. The second-order valence-electron chi connectivity index (χ2n) is 2.38. The number of para-hydroxylation sites is 2. The molecule has 0 aromatic heterocycles. The molecule has 12 heavy (non-hydrogen) atoms. The first-order valence-electron chi connectivity index (χ1n) is 3.42. The van der Waals surface area contributed by atoms with Gasteiger partial charge in [-0.15, -0.1) is 5.53 Å². The number of rotatable bonds is 1. The lowest BCUT2D eigenvalue weighted by atomic mass is 10.3. The van der Waals surface area contributed by atoms with Gasteiger partial charge in [0.05, 0.1) is 5.69 Å². The fourth-order valence-electron chi connectivity index (χ4n) is 1.14. The summed E-state index contributed by atoms with van der Waals surface area (Å²) in [6.45, 7) is 0. The molecule has 0 fully saturated rings. The molecular formula is C7H7N3O2. The van der Waals surface area contributed by atoms with Gasteiger partial charge in [-0.25, -0.2) is 5.01 Å². The van der Waals surface area contributed by atoms with Crippen LogP contribution in [0.3, 0.4) is 0 Å². The molecule has 2 rings (SSSR count). The Morgan fingerprint density at radius 2 is 2.00 bits per heavy atom. The van der Waals surface area contributed by atoms with E-state index >= 15 is 0 Å². The Morgan fingerprint density at radius 3 is 2.67 bits per heavy atom. The Bertz CT molecular complexity index is 315. The number of nitrogens with one attached hydrogen (secondary N) is 1. The van der Waals surface area contributed by atoms with Gasteiger partial charge >= 0.3 is 0 Å². The van der Waals surface area contributed by atoms with Gasteiger partial charge in [-0.1, -0.05) is 12.1 Å². The summed E-state index contributed by atoms with van der Waals surface area (Å²) in [4.78, 5) is 10.4. The van der Waals surface area contributed by atoms with E-state index in [-0.39, 0.29) is 0 Å². The minimum atomic E-state index is 0.560. The predicted molar refractivity (Wildman–Crippen MR) is 42.4 cm³/mol. The maximum Gasteiger partial charge on any atom is 0.230 e. The van der Waals surface area contributed by atoms with Crippen molar-refractivity contribution < 1.29 is 10.0 Å². The van der Waals surface area contributed by atoms with Gasteiger partial charge in [0, 0.05) is 0 Å². The van der Waals surface area contributed by atoms with Crippen LogP contribution < -0.4 is 15.7 Å². The first-order valence-corrected chi connectivity index (χ1v) is 3.42. The van der Waals surface area contributed by atoms with Gasteiger partial charge in [0.15, 0.2) is 0 Å². The summed E-state index contributed by atoms with van der Waals surface area (Å²) in [5, 5.41) is 11.2. The highest BCUT2D eigenvalue weighted by Crippen LogP contribution is 2.30. The summed E-state index contributed by atoms with van der Waals surface area (Å²) in [5.41, 5.74) is 3.62. The Balaban J connectivity index is 2.49. The third kappa shape index (κ3) is 0.843. The lowest BCUT2D eigenvalue weighted by Crippen LogP contribution is -2.41. The molecule has 5 nitrogen and oxygen atoms in total. The monoisotopic (exact) mass is 165 g/mol. The number of fused-ring (bicyclic) bond motifs is 1. The van der Waals surface area contributed by atoms with E-state index in [2.05, 4.69) is 5.53 Å². The minimum absolute atomic E-state index is 0.560. The van der Waals surface area contributed by atoms with E-state index in [9.17, 15) is 10.0 Å². The van der Waals surface area contributed by atoms with E-state index < -0.39 is 0 Å². The largest absolute Gasteiger partial charge is 0.277 e. The molecule has 0 saturated heterocycles. The predicted octanol–water partition coefficient (Wildman–Crippen LogP) is 0.278. The number of carbonyl (C=O) groups excluding carboxylic acids is 1. The van der Waals surface area contributed by atoms with Crippen LogP contribution in [0.2, 0.25) is 0 Å². The number of anilines is 2. The van der Waals surface area contributed by atoms with Crippen LogP contribution in [0, 0.1) is 0 Å². The number of benzene rings is 1. The average Bonchev–Trinajstić information content (AvgIpc) is 2.44. The van der Waals surface area contributed by atoms with Crippen LogP contribution in [-0.2, 0) is 4.79 Å². The highest BCUT2D eigenvalue weighted by molar-refractivity contribution is 5.85. The molecule has 0 spiro atoms. The van der Waals surface area contributed by atoms with Crippen LogP contribution in [0.1, 0.15) is 0 Å². The number of hydrazine groups is 2. The van der Waals surface area contributed by atoms with Crippen molar-refractivity contribution in [2.24, 2.45) is 0 Å². The Labute approximate surface area is 68.7 Å². The third-order valence-corrected chi connectivity index (χ3v) is 1.68. The topological polar surface area (TPSA) is 55.8 Å². The molecule has 2 N–H and O–H groups in total. The lowest BCUT2D eigenvalue weighted by molar-refractivity contribution is -0.108. The first-order chi connectivity index (χ1) is 5.83. The van der Waals surface area contributed by atoms with Crippen molar-refractivity contribution in [1.82, 2.24) is 5.53 Å². The number of carbonyl (C=O) groups is 1. The molecule has 0 saturated carbocycles. The molecule has 0 radical (unpaired) electrons. The minimum Gasteiger partial charge on any atom is -0.277 e. The van der Waals surface area contributed by atoms with Gasteiger partial charge in [0.25, 0.3) is 0 Å². The lowest BCUT2D eigenvalue weighted by Gasteiger charge is -2.10. The van der Waals surface area contributed by atoms with Crippen molar-refractivity contribution in [3.63, 3.8) is 0 Å². The Kier molecular flexibility index (Phi) is 1.46. The van der Waals surface area contributed by atoms with Crippen molar-refractivity contribution in [3.05, 3.63) is 24.3 Å². The summed E-state index contributed by atoms with van der Waals surface area (Å²) >= 11 is 0. The van der Waals surface area contributed by atoms with E-state index in [1.54, 1.807) is 24.3 Å². The molecular weight excluding hydrogens is 158 g/mol. The summed E-state index contributed by atoms with van der Waals surface area (Å²) in [6.07, 6.45) is 0.592. The van der Waals surface area contributed by atoms with Crippen LogP contribution in [0.15, 0.2) is 24.3 Å². The van der Waals surface area contributed by atoms with E-state index in [1.165, 1.54) is 5.01 Å².